The highest BCUT2D eigenvalue weighted by Crippen LogP contribution is 2.31. The van der Waals surface area contributed by atoms with Crippen molar-refractivity contribution in [1.29, 1.82) is 0 Å². The molecule has 1 aromatic heterocycles. The Morgan fingerprint density at radius 1 is 1.30 bits per heavy atom. The van der Waals surface area contributed by atoms with Gasteiger partial charge in [-0.25, -0.2) is 4.79 Å². The van der Waals surface area contributed by atoms with E-state index in [-0.39, 0.29) is 18.5 Å². The molecule has 122 valence electrons. The highest BCUT2D eigenvalue weighted by atomic mass is 35.5. The first kappa shape index (κ1) is 15.8. The summed E-state index contributed by atoms with van der Waals surface area (Å²) >= 11 is 6.35. The van der Waals surface area contributed by atoms with Crippen LogP contribution in [-0.4, -0.2) is 40.3 Å². The van der Waals surface area contributed by atoms with Crippen molar-refractivity contribution in [2.24, 2.45) is 7.05 Å². The quantitative estimate of drug-likeness (QED) is 0.900. The second-order valence-corrected chi connectivity index (χ2v) is 6.07. The lowest BCUT2D eigenvalue weighted by atomic mass is 9.90. The third-order valence-electron chi connectivity index (χ3n) is 4.37. The van der Waals surface area contributed by atoms with Crippen LogP contribution in [-0.2, 0) is 16.6 Å². The van der Waals surface area contributed by atoms with Crippen LogP contribution in [0.1, 0.15) is 23.3 Å². The van der Waals surface area contributed by atoms with Crippen molar-refractivity contribution in [3.8, 4) is 0 Å². The van der Waals surface area contributed by atoms with E-state index >= 15 is 0 Å². The number of amides is 1. The Labute approximate surface area is 138 Å². The summed E-state index contributed by atoms with van der Waals surface area (Å²) in [4.78, 5) is 24.4. The Kier molecular flexibility index (Phi) is 4.04. The summed E-state index contributed by atoms with van der Waals surface area (Å²) in [6.07, 6.45) is 0.464. The minimum atomic E-state index is -1.31. The number of benzene rings is 1. The molecule has 0 saturated carbocycles. The van der Waals surface area contributed by atoms with Crippen LogP contribution in [0.5, 0.6) is 0 Å². The Balaban J connectivity index is 1.99. The number of aliphatic carboxylic acids is 1. The molecule has 0 aliphatic carbocycles. The molecule has 0 bridgehead atoms. The molecule has 7 heteroatoms. The lowest BCUT2D eigenvalue weighted by Gasteiger charge is -2.33. The van der Waals surface area contributed by atoms with E-state index in [4.69, 9.17) is 16.3 Å². The minimum Gasteiger partial charge on any atom is -0.480 e. The summed E-state index contributed by atoms with van der Waals surface area (Å²) in [5.74, 6) is -1.54. The van der Waals surface area contributed by atoms with Gasteiger partial charge >= 0.3 is 5.97 Å². The van der Waals surface area contributed by atoms with Gasteiger partial charge in [-0.15, -0.1) is 0 Å². The molecule has 2 N–H and O–H groups in total. The van der Waals surface area contributed by atoms with E-state index in [1.54, 1.807) is 11.6 Å². The Bertz CT molecular complexity index is 739. The first-order valence-corrected chi connectivity index (χ1v) is 7.71. The van der Waals surface area contributed by atoms with Gasteiger partial charge in [0.25, 0.3) is 5.91 Å². The van der Waals surface area contributed by atoms with E-state index in [9.17, 15) is 14.7 Å². The number of carboxylic acid groups (broad SMARTS) is 1. The zero-order valence-corrected chi connectivity index (χ0v) is 13.4. The lowest BCUT2D eigenvalue weighted by molar-refractivity contribution is -0.148. The average Bonchev–Trinajstić information content (AvgIpc) is 2.80. The molecular weight excluding hydrogens is 320 g/mol. The number of hydrogen-bond donors (Lipinski definition) is 2. The normalized spacial score (nSPS) is 17.1. The molecule has 0 radical (unpaired) electrons. The third-order valence-corrected chi connectivity index (χ3v) is 4.75. The number of fused-ring (bicyclic) bond motifs is 1. The van der Waals surface area contributed by atoms with Crippen molar-refractivity contribution in [2.75, 3.05) is 13.2 Å². The number of halogens is 1. The fraction of sp³-hybridized carbons (Fsp3) is 0.375. The molecule has 3 rings (SSSR count). The average molecular weight is 337 g/mol. The smallest absolute Gasteiger partial charge is 0.329 e. The van der Waals surface area contributed by atoms with Crippen molar-refractivity contribution in [1.82, 2.24) is 9.88 Å². The third kappa shape index (κ3) is 2.58. The zero-order chi connectivity index (χ0) is 16.6. The number of para-hydroxylation sites is 1. The van der Waals surface area contributed by atoms with Crippen LogP contribution in [0.15, 0.2) is 24.3 Å². The molecule has 2 heterocycles. The van der Waals surface area contributed by atoms with Crippen LogP contribution < -0.4 is 5.32 Å². The maximum absolute atomic E-state index is 12.7. The van der Waals surface area contributed by atoms with Gasteiger partial charge in [-0.2, -0.15) is 0 Å². The van der Waals surface area contributed by atoms with Crippen molar-refractivity contribution in [2.45, 2.75) is 18.4 Å². The van der Waals surface area contributed by atoms with Gasteiger partial charge in [-0.05, 0) is 6.07 Å². The molecule has 2 aromatic rings. The summed E-state index contributed by atoms with van der Waals surface area (Å²) in [7, 11) is 1.74. The molecule has 1 aliphatic rings. The fourth-order valence-electron chi connectivity index (χ4n) is 2.99. The molecular formula is C16H17ClN2O4. The largest absolute Gasteiger partial charge is 0.480 e. The van der Waals surface area contributed by atoms with E-state index in [1.807, 2.05) is 24.3 Å². The Morgan fingerprint density at radius 3 is 2.57 bits per heavy atom. The molecule has 1 aromatic carbocycles. The van der Waals surface area contributed by atoms with Gasteiger partial charge in [0, 0.05) is 44.0 Å². The van der Waals surface area contributed by atoms with Gasteiger partial charge in [0.15, 0.2) is 0 Å². The van der Waals surface area contributed by atoms with Gasteiger partial charge in [-0.3, -0.25) is 4.79 Å². The number of hydrogen-bond acceptors (Lipinski definition) is 3. The van der Waals surface area contributed by atoms with E-state index in [0.29, 0.717) is 18.2 Å². The molecule has 1 fully saturated rings. The molecule has 0 unspecified atom stereocenters. The monoisotopic (exact) mass is 336 g/mol. The zero-order valence-electron chi connectivity index (χ0n) is 12.6. The maximum Gasteiger partial charge on any atom is 0.329 e. The number of rotatable bonds is 3. The van der Waals surface area contributed by atoms with Crippen LogP contribution in [0.25, 0.3) is 10.9 Å². The van der Waals surface area contributed by atoms with Crippen molar-refractivity contribution >= 4 is 34.4 Å². The Morgan fingerprint density at radius 2 is 1.96 bits per heavy atom. The van der Waals surface area contributed by atoms with Gasteiger partial charge in [-0.1, -0.05) is 29.8 Å². The molecule has 1 amide bonds. The second kappa shape index (κ2) is 5.86. The molecule has 6 nitrogen and oxygen atoms in total. The van der Waals surface area contributed by atoms with Gasteiger partial charge in [0.05, 0.1) is 5.02 Å². The molecule has 1 saturated heterocycles. The van der Waals surface area contributed by atoms with Crippen molar-refractivity contribution in [3.05, 3.63) is 35.0 Å². The maximum atomic E-state index is 12.7. The number of nitrogens with one attached hydrogen (secondary N) is 1. The predicted molar refractivity (Wildman–Crippen MR) is 85.8 cm³/mol. The van der Waals surface area contributed by atoms with E-state index < -0.39 is 17.4 Å². The number of aryl methyl sites for hydroxylation is 1. The van der Waals surface area contributed by atoms with E-state index in [2.05, 4.69) is 5.32 Å². The summed E-state index contributed by atoms with van der Waals surface area (Å²) in [6.45, 7) is 0.602. The minimum absolute atomic E-state index is 0.232. The van der Waals surface area contributed by atoms with Crippen LogP contribution in [0.4, 0.5) is 0 Å². The number of carbonyl (C=O) groups excluding carboxylic acids is 1. The summed E-state index contributed by atoms with van der Waals surface area (Å²) in [6, 6.07) is 7.39. The first-order valence-electron chi connectivity index (χ1n) is 7.33. The topological polar surface area (TPSA) is 80.6 Å². The van der Waals surface area contributed by atoms with E-state index in [0.717, 1.165) is 10.9 Å². The highest BCUT2D eigenvalue weighted by Gasteiger charge is 2.42. The molecule has 23 heavy (non-hydrogen) atoms. The molecule has 0 spiro atoms. The summed E-state index contributed by atoms with van der Waals surface area (Å²) in [5, 5.41) is 13.3. The molecule has 1 aliphatic heterocycles. The fourth-order valence-corrected chi connectivity index (χ4v) is 3.36. The van der Waals surface area contributed by atoms with Crippen molar-refractivity contribution < 1.29 is 19.4 Å². The second-order valence-electron chi connectivity index (χ2n) is 5.69. The standard InChI is InChI=1S/C16H17ClN2O4/c1-19-11-5-3-2-4-10(11)12(17)13(19)14(20)18-16(15(21)22)6-8-23-9-7-16/h2-5H,6-9H2,1H3,(H,18,20)(H,21,22). The molecule has 0 atom stereocenters. The SMILES string of the molecule is Cn1c(C(=O)NC2(C(=O)O)CCOCC2)c(Cl)c2ccccc21. The van der Waals surface area contributed by atoms with Crippen molar-refractivity contribution in [3.63, 3.8) is 0 Å². The van der Waals surface area contributed by atoms with E-state index in [1.165, 1.54) is 0 Å². The van der Waals surface area contributed by atoms with Crippen LogP contribution in [0.3, 0.4) is 0 Å². The predicted octanol–water partition coefficient (Wildman–Crippen LogP) is 2.20. The summed E-state index contributed by atoms with van der Waals surface area (Å²) < 4.78 is 6.89. The number of carboxylic acids is 1. The Hall–Kier alpha value is -2.05. The number of nitrogens with zero attached hydrogens (tertiary/aromatic N) is 1. The summed E-state index contributed by atoms with van der Waals surface area (Å²) in [5.41, 5.74) is -0.228. The number of ether oxygens (including phenoxy) is 1. The van der Waals surface area contributed by atoms with Crippen LogP contribution >= 0.6 is 11.6 Å². The van der Waals surface area contributed by atoms with Crippen LogP contribution in [0.2, 0.25) is 5.02 Å². The van der Waals surface area contributed by atoms with Gasteiger partial charge in [0.1, 0.15) is 11.2 Å². The number of aromatic nitrogens is 1. The lowest BCUT2D eigenvalue weighted by Crippen LogP contribution is -2.57. The van der Waals surface area contributed by atoms with Gasteiger partial charge < -0.3 is 19.7 Å². The first-order chi connectivity index (χ1) is 11.0. The van der Waals surface area contributed by atoms with Crippen LogP contribution in [0, 0.1) is 0 Å². The number of carbonyl (C=O) groups is 2. The highest BCUT2D eigenvalue weighted by molar-refractivity contribution is 6.38. The van der Waals surface area contributed by atoms with Gasteiger partial charge in [0.2, 0.25) is 0 Å².